The van der Waals surface area contributed by atoms with Gasteiger partial charge in [0.2, 0.25) is 0 Å². The standard InChI is InChI=1S/C13H18O2S2/c1-4-15-12(14)13(2,3)9-10-5-7-11(17-16)8-6-10/h5-8,16H,4,9H2,1-3H3. The monoisotopic (exact) mass is 270 g/mol. The molecule has 0 amide bonds. The van der Waals surface area contributed by atoms with Crippen molar-refractivity contribution < 1.29 is 9.53 Å². The van der Waals surface area contributed by atoms with Gasteiger partial charge < -0.3 is 4.74 Å². The molecule has 1 aromatic rings. The maximum Gasteiger partial charge on any atom is 0.311 e. The van der Waals surface area contributed by atoms with Crippen LogP contribution >= 0.6 is 22.5 Å². The van der Waals surface area contributed by atoms with Crippen LogP contribution in [0.25, 0.3) is 0 Å². The first-order chi connectivity index (χ1) is 7.99. The molecule has 2 nitrogen and oxygen atoms in total. The number of thiol groups is 1. The summed E-state index contributed by atoms with van der Waals surface area (Å²) in [7, 11) is 1.41. The van der Waals surface area contributed by atoms with Gasteiger partial charge in [-0.2, -0.15) is 0 Å². The Kier molecular flexibility index (Phi) is 5.40. The van der Waals surface area contributed by atoms with Crippen molar-refractivity contribution in [3.8, 4) is 0 Å². The summed E-state index contributed by atoms with van der Waals surface area (Å²) in [5.41, 5.74) is 0.653. The lowest BCUT2D eigenvalue weighted by molar-refractivity contribution is -0.153. The molecule has 0 heterocycles. The molecule has 1 rings (SSSR count). The van der Waals surface area contributed by atoms with Crippen molar-refractivity contribution in [1.29, 1.82) is 0 Å². The molecular weight excluding hydrogens is 252 g/mol. The molecule has 0 aliphatic carbocycles. The van der Waals surface area contributed by atoms with Crippen molar-refractivity contribution in [1.82, 2.24) is 0 Å². The van der Waals surface area contributed by atoms with Gasteiger partial charge in [-0.15, -0.1) is 11.7 Å². The van der Waals surface area contributed by atoms with Crippen LogP contribution in [0.3, 0.4) is 0 Å². The van der Waals surface area contributed by atoms with Gasteiger partial charge in [0.15, 0.2) is 0 Å². The van der Waals surface area contributed by atoms with Crippen LogP contribution in [0.15, 0.2) is 29.2 Å². The predicted molar refractivity (Wildman–Crippen MR) is 75.4 cm³/mol. The van der Waals surface area contributed by atoms with Crippen LogP contribution < -0.4 is 0 Å². The van der Waals surface area contributed by atoms with E-state index in [2.05, 4.69) is 11.7 Å². The lowest BCUT2D eigenvalue weighted by Gasteiger charge is -2.22. The van der Waals surface area contributed by atoms with Gasteiger partial charge in [-0.1, -0.05) is 22.9 Å². The molecule has 0 fully saturated rings. The molecule has 0 aromatic heterocycles. The minimum Gasteiger partial charge on any atom is -0.466 e. The fourth-order valence-corrected chi connectivity index (χ4v) is 2.20. The van der Waals surface area contributed by atoms with Gasteiger partial charge in [0.05, 0.1) is 12.0 Å². The number of hydrogen-bond donors (Lipinski definition) is 1. The van der Waals surface area contributed by atoms with Crippen molar-refractivity contribution in [2.24, 2.45) is 5.41 Å². The summed E-state index contributed by atoms with van der Waals surface area (Å²) in [4.78, 5) is 12.9. The smallest absolute Gasteiger partial charge is 0.311 e. The maximum atomic E-state index is 11.8. The third kappa shape index (κ3) is 4.28. The van der Waals surface area contributed by atoms with E-state index in [1.165, 1.54) is 10.8 Å². The highest BCUT2D eigenvalue weighted by molar-refractivity contribution is 8.68. The molecule has 0 saturated carbocycles. The third-order valence-electron chi connectivity index (χ3n) is 2.50. The maximum absolute atomic E-state index is 11.8. The molecule has 0 radical (unpaired) electrons. The lowest BCUT2D eigenvalue weighted by atomic mass is 9.86. The minimum absolute atomic E-state index is 0.146. The Bertz CT molecular complexity index is 372. The van der Waals surface area contributed by atoms with Gasteiger partial charge in [0.25, 0.3) is 0 Å². The van der Waals surface area contributed by atoms with E-state index in [4.69, 9.17) is 4.74 Å². The third-order valence-corrected chi connectivity index (χ3v) is 3.62. The van der Waals surface area contributed by atoms with Gasteiger partial charge in [-0.3, -0.25) is 4.79 Å². The summed E-state index contributed by atoms with van der Waals surface area (Å²) >= 11 is 4.13. The highest BCUT2D eigenvalue weighted by Gasteiger charge is 2.29. The molecule has 0 unspecified atom stereocenters. The zero-order valence-corrected chi connectivity index (χ0v) is 12.1. The Balaban J connectivity index is 2.71. The highest BCUT2D eigenvalue weighted by atomic mass is 33.1. The van der Waals surface area contributed by atoms with Crippen LogP contribution in [0.5, 0.6) is 0 Å². The van der Waals surface area contributed by atoms with Crippen LogP contribution in [-0.4, -0.2) is 12.6 Å². The molecule has 0 atom stereocenters. The fourth-order valence-electron chi connectivity index (χ4n) is 1.58. The van der Waals surface area contributed by atoms with E-state index in [-0.39, 0.29) is 5.97 Å². The van der Waals surface area contributed by atoms with Gasteiger partial charge >= 0.3 is 5.97 Å². The lowest BCUT2D eigenvalue weighted by Crippen LogP contribution is -2.28. The molecule has 0 saturated heterocycles. The molecule has 94 valence electrons. The number of benzene rings is 1. The number of carbonyl (C=O) groups excluding carboxylic acids is 1. The topological polar surface area (TPSA) is 26.3 Å². The van der Waals surface area contributed by atoms with Gasteiger partial charge in [0.1, 0.15) is 0 Å². The van der Waals surface area contributed by atoms with Gasteiger partial charge in [-0.25, -0.2) is 0 Å². The second-order valence-corrected chi connectivity index (χ2v) is 5.72. The van der Waals surface area contributed by atoms with E-state index in [1.807, 2.05) is 45.0 Å². The Labute approximate surface area is 112 Å². The summed E-state index contributed by atoms with van der Waals surface area (Å²) in [6, 6.07) is 8.07. The Hall–Kier alpha value is -0.610. The van der Waals surface area contributed by atoms with Crippen molar-refractivity contribution in [3.05, 3.63) is 29.8 Å². The first-order valence-electron chi connectivity index (χ1n) is 5.57. The number of hydrogen-bond acceptors (Lipinski definition) is 4. The van der Waals surface area contributed by atoms with E-state index in [0.717, 1.165) is 10.5 Å². The molecule has 0 spiro atoms. The Morgan fingerprint density at radius 3 is 2.41 bits per heavy atom. The van der Waals surface area contributed by atoms with Gasteiger partial charge in [0, 0.05) is 4.90 Å². The van der Waals surface area contributed by atoms with Crippen molar-refractivity contribution in [2.75, 3.05) is 6.61 Å². The normalized spacial score (nSPS) is 11.3. The van der Waals surface area contributed by atoms with Crippen LogP contribution in [-0.2, 0) is 16.0 Å². The van der Waals surface area contributed by atoms with E-state index >= 15 is 0 Å². The molecule has 0 bridgehead atoms. The number of carbonyl (C=O) groups is 1. The summed E-state index contributed by atoms with van der Waals surface area (Å²) in [5, 5.41) is 0. The summed E-state index contributed by atoms with van der Waals surface area (Å²) in [6.07, 6.45) is 0.684. The van der Waals surface area contributed by atoms with Crippen LogP contribution in [0, 0.1) is 5.41 Å². The first-order valence-corrected chi connectivity index (χ1v) is 7.44. The van der Waals surface area contributed by atoms with E-state index < -0.39 is 5.41 Å². The van der Waals surface area contributed by atoms with Crippen LogP contribution in [0.2, 0.25) is 0 Å². The molecule has 0 aliphatic rings. The highest BCUT2D eigenvalue weighted by Crippen LogP contribution is 2.26. The van der Waals surface area contributed by atoms with Gasteiger partial charge in [-0.05, 0) is 44.9 Å². The molecular formula is C13H18O2S2. The molecule has 0 aliphatic heterocycles. The quantitative estimate of drug-likeness (QED) is 0.501. The average molecular weight is 270 g/mol. The van der Waals surface area contributed by atoms with Crippen LogP contribution in [0.4, 0.5) is 0 Å². The van der Waals surface area contributed by atoms with Crippen molar-refractivity contribution >= 4 is 28.4 Å². The molecule has 0 N–H and O–H groups in total. The van der Waals surface area contributed by atoms with Crippen molar-refractivity contribution in [2.45, 2.75) is 32.1 Å². The fraction of sp³-hybridized carbons (Fsp3) is 0.462. The van der Waals surface area contributed by atoms with E-state index in [9.17, 15) is 4.79 Å². The largest absolute Gasteiger partial charge is 0.466 e. The SMILES string of the molecule is CCOC(=O)C(C)(C)Cc1ccc(SS)cc1. The number of esters is 1. The Morgan fingerprint density at radius 1 is 1.35 bits per heavy atom. The van der Waals surface area contributed by atoms with E-state index in [1.54, 1.807) is 0 Å². The average Bonchev–Trinajstić information content (AvgIpc) is 2.30. The Morgan fingerprint density at radius 2 is 1.94 bits per heavy atom. The minimum atomic E-state index is -0.481. The van der Waals surface area contributed by atoms with Crippen molar-refractivity contribution in [3.63, 3.8) is 0 Å². The first kappa shape index (κ1) is 14.5. The zero-order chi connectivity index (χ0) is 12.9. The second kappa shape index (κ2) is 6.36. The predicted octanol–water partition coefficient (Wildman–Crippen LogP) is 3.76. The summed E-state index contributed by atoms with van der Waals surface area (Å²) in [5.74, 6) is -0.146. The second-order valence-electron chi connectivity index (χ2n) is 4.52. The summed E-state index contributed by atoms with van der Waals surface area (Å²) in [6.45, 7) is 6.07. The molecule has 17 heavy (non-hydrogen) atoms. The number of ether oxygens (including phenoxy) is 1. The van der Waals surface area contributed by atoms with Crippen LogP contribution in [0.1, 0.15) is 26.3 Å². The molecule has 4 heteroatoms. The number of rotatable bonds is 5. The molecule has 1 aromatic carbocycles. The summed E-state index contributed by atoms with van der Waals surface area (Å²) < 4.78 is 5.07. The zero-order valence-electron chi connectivity index (χ0n) is 10.4. The van der Waals surface area contributed by atoms with E-state index in [0.29, 0.717) is 13.0 Å².